The van der Waals surface area contributed by atoms with Crippen LogP contribution < -0.4 is 9.64 Å². The Morgan fingerprint density at radius 2 is 1.86 bits per heavy atom. The van der Waals surface area contributed by atoms with Gasteiger partial charge < -0.3 is 14.4 Å². The van der Waals surface area contributed by atoms with Gasteiger partial charge in [-0.05, 0) is 42.7 Å². The van der Waals surface area contributed by atoms with Crippen molar-refractivity contribution < 1.29 is 9.47 Å². The average molecular weight is 407 g/mol. The molecule has 0 N–H and O–H groups in total. The summed E-state index contributed by atoms with van der Waals surface area (Å²) >= 11 is 4.83. The first-order chi connectivity index (χ1) is 13.4. The summed E-state index contributed by atoms with van der Waals surface area (Å²) in [7, 11) is 1.74. The van der Waals surface area contributed by atoms with Crippen molar-refractivity contribution in [1.82, 2.24) is 4.90 Å². The molecule has 4 nitrogen and oxygen atoms in total. The molecular formula is C23H38N2O2S. The number of piperazine rings is 1. The first-order valence-electron chi connectivity index (χ1n) is 10.8. The Morgan fingerprint density at radius 1 is 1.14 bits per heavy atom. The van der Waals surface area contributed by atoms with Crippen LogP contribution in [-0.4, -0.2) is 62.7 Å². The molecule has 1 heterocycles. The molecule has 3 atom stereocenters. The van der Waals surface area contributed by atoms with Crippen molar-refractivity contribution in [2.75, 3.05) is 51.3 Å². The molecule has 0 unspecified atom stereocenters. The van der Waals surface area contributed by atoms with Crippen LogP contribution >= 0.6 is 12.6 Å². The highest BCUT2D eigenvalue weighted by Gasteiger charge is 2.32. The predicted molar refractivity (Wildman–Crippen MR) is 121 cm³/mol. The zero-order chi connectivity index (χ0) is 20.1. The first kappa shape index (κ1) is 21.8. The zero-order valence-electron chi connectivity index (χ0n) is 18.1. The standard InChI is InChI=1S/C23H38N2O2S/c1-18-13-19(15-23(2,3)14-18)27-17-20(28)16-24-9-11-25(12-10-24)21-7-5-6-8-22(21)26-4/h5-8,18-20,28H,9-17H2,1-4H3/t18-,19-,20-/m0/s1. The van der Waals surface area contributed by atoms with Crippen LogP contribution in [0.15, 0.2) is 24.3 Å². The Hall–Kier alpha value is -0.910. The number of methoxy groups -OCH3 is 1. The molecule has 0 spiro atoms. The summed E-state index contributed by atoms with van der Waals surface area (Å²) in [5.74, 6) is 1.72. The SMILES string of the molecule is COc1ccccc1N1CCN(C[C@H](S)CO[C@H]2C[C@H](C)CC(C)(C)C2)CC1. The van der Waals surface area contributed by atoms with E-state index in [1.54, 1.807) is 7.11 Å². The zero-order valence-corrected chi connectivity index (χ0v) is 19.0. The molecular weight excluding hydrogens is 368 g/mol. The van der Waals surface area contributed by atoms with Gasteiger partial charge in [-0.3, -0.25) is 4.90 Å². The highest BCUT2D eigenvalue weighted by atomic mass is 32.1. The first-order valence-corrected chi connectivity index (χ1v) is 11.3. The van der Waals surface area contributed by atoms with Gasteiger partial charge in [0.05, 0.1) is 25.5 Å². The molecule has 1 aliphatic heterocycles. The van der Waals surface area contributed by atoms with Crippen molar-refractivity contribution in [2.24, 2.45) is 11.3 Å². The molecule has 28 heavy (non-hydrogen) atoms. The minimum absolute atomic E-state index is 0.276. The van der Waals surface area contributed by atoms with E-state index in [0.717, 1.165) is 51.0 Å². The second-order valence-corrected chi connectivity index (χ2v) is 10.2. The molecule has 0 radical (unpaired) electrons. The van der Waals surface area contributed by atoms with Crippen molar-refractivity contribution in [3.8, 4) is 5.75 Å². The van der Waals surface area contributed by atoms with Gasteiger partial charge in [-0.15, -0.1) is 0 Å². The van der Waals surface area contributed by atoms with Gasteiger partial charge in [-0.25, -0.2) is 0 Å². The Bertz CT molecular complexity index is 616. The molecule has 0 aromatic heterocycles. The Labute approximate surface area is 177 Å². The quantitative estimate of drug-likeness (QED) is 0.681. The van der Waals surface area contributed by atoms with Crippen LogP contribution in [0.4, 0.5) is 5.69 Å². The third-order valence-corrected chi connectivity index (χ3v) is 6.45. The van der Waals surface area contributed by atoms with Gasteiger partial charge in [0.15, 0.2) is 0 Å². The molecule has 1 aromatic rings. The molecule has 2 aliphatic rings. The Balaban J connectivity index is 1.41. The molecule has 1 aliphatic carbocycles. The Morgan fingerprint density at radius 3 is 2.54 bits per heavy atom. The molecule has 1 saturated heterocycles. The summed E-state index contributed by atoms with van der Waals surface area (Å²) in [6, 6.07) is 8.30. The van der Waals surface area contributed by atoms with Crippen LogP contribution in [0.1, 0.15) is 40.0 Å². The molecule has 0 bridgehead atoms. The van der Waals surface area contributed by atoms with Crippen molar-refractivity contribution in [1.29, 1.82) is 0 Å². The lowest BCUT2D eigenvalue weighted by Gasteiger charge is -2.39. The minimum Gasteiger partial charge on any atom is -0.495 e. The lowest BCUT2D eigenvalue weighted by Crippen LogP contribution is -2.48. The number of ether oxygens (including phenoxy) is 2. The maximum absolute atomic E-state index is 6.28. The van der Waals surface area contributed by atoms with E-state index in [1.165, 1.54) is 24.9 Å². The number of nitrogens with zero attached hydrogens (tertiary/aromatic N) is 2. The fourth-order valence-electron chi connectivity index (χ4n) is 5.05. The Kier molecular flexibility index (Phi) is 7.57. The predicted octanol–water partition coefficient (Wildman–Crippen LogP) is 4.35. The molecule has 5 heteroatoms. The topological polar surface area (TPSA) is 24.9 Å². The van der Waals surface area contributed by atoms with Crippen molar-refractivity contribution in [2.45, 2.75) is 51.4 Å². The van der Waals surface area contributed by atoms with Crippen LogP contribution in [0.2, 0.25) is 0 Å². The van der Waals surface area contributed by atoms with E-state index in [-0.39, 0.29) is 5.25 Å². The largest absolute Gasteiger partial charge is 0.495 e. The summed E-state index contributed by atoms with van der Waals surface area (Å²) in [5, 5.41) is 0.276. The number of thiol groups is 1. The molecule has 1 saturated carbocycles. The summed E-state index contributed by atoms with van der Waals surface area (Å²) in [4.78, 5) is 4.94. The summed E-state index contributed by atoms with van der Waals surface area (Å²) in [6.45, 7) is 13.0. The van der Waals surface area contributed by atoms with Crippen LogP contribution in [0.3, 0.4) is 0 Å². The molecule has 3 rings (SSSR count). The molecule has 2 fully saturated rings. The van der Waals surface area contributed by atoms with Crippen molar-refractivity contribution >= 4 is 18.3 Å². The smallest absolute Gasteiger partial charge is 0.142 e. The van der Waals surface area contributed by atoms with E-state index in [9.17, 15) is 0 Å². The number of benzene rings is 1. The van der Waals surface area contributed by atoms with Gasteiger partial charge in [-0.2, -0.15) is 12.6 Å². The normalized spacial score (nSPS) is 26.8. The highest BCUT2D eigenvalue weighted by Crippen LogP contribution is 2.39. The van der Waals surface area contributed by atoms with Crippen molar-refractivity contribution in [3.63, 3.8) is 0 Å². The molecule has 0 amide bonds. The third-order valence-electron chi connectivity index (χ3n) is 6.14. The van der Waals surface area contributed by atoms with Gasteiger partial charge >= 0.3 is 0 Å². The van der Waals surface area contributed by atoms with E-state index >= 15 is 0 Å². The lowest BCUT2D eigenvalue weighted by atomic mass is 9.71. The number of para-hydroxylation sites is 2. The molecule has 158 valence electrons. The highest BCUT2D eigenvalue weighted by molar-refractivity contribution is 7.81. The van der Waals surface area contributed by atoms with Gasteiger partial charge in [-0.1, -0.05) is 32.9 Å². The fraction of sp³-hybridized carbons (Fsp3) is 0.739. The molecule has 1 aromatic carbocycles. The van der Waals surface area contributed by atoms with Gasteiger partial charge in [0, 0.05) is 38.0 Å². The minimum atomic E-state index is 0.276. The van der Waals surface area contributed by atoms with Crippen LogP contribution in [0, 0.1) is 11.3 Å². The van der Waals surface area contributed by atoms with Crippen LogP contribution in [0.25, 0.3) is 0 Å². The average Bonchev–Trinajstić information content (AvgIpc) is 2.65. The number of hydrogen-bond acceptors (Lipinski definition) is 5. The lowest BCUT2D eigenvalue weighted by molar-refractivity contribution is -0.0237. The van der Waals surface area contributed by atoms with E-state index in [2.05, 4.69) is 42.7 Å². The maximum atomic E-state index is 6.28. The van der Waals surface area contributed by atoms with Crippen molar-refractivity contribution in [3.05, 3.63) is 24.3 Å². The monoisotopic (exact) mass is 406 g/mol. The van der Waals surface area contributed by atoms with Crippen LogP contribution in [-0.2, 0) is 4.74 Å². The summed E-state index contributed by atoms with van der Waals surface area (Å²) in [6.07, 6.45) is 4.08. The fourth-order valence-corrected chi connectivity index (χ4v) is 5.36. The second kappa shape index (κ2) is 9.73. The second-order valence-electron chi connectivity index (χ2n) is 9.48. The number of anilines is 1. The van der Waals surface area contributed by atoms with E-state index in [1.807, 2.05) is 12.1 Å². The summed E-state index contributed by atoms with van der Waals surface area (Å²) < 4.78 is 11.8. The van der Waals surface area contributed by atoms with Gasteiger partial charge in [0.25, 0.3) is 0 Å². The number of rotatable bonds is 7. The third kappa shape index (κ3) is 6.04. The number of hydrogen-bond donors (Lipinski definition) is 1. The van der Waals surface area contributed by atoms with E-state index in [0.29, 0.717) is 11.5 Å². The maximum Gasteiger partial charge on any atom is 0.142 e. The van der Waals surface area contributed by atoms with Gasteiger partial charge in [0.2, 0.25) is 0 Å². The summed E-state index contributed by atoms with van der Waals surface area (Å²) in [5.41, 5.74) is 1.60. The van der Waals surface area contributed by atoms with E-state index in [4.69, 9.17) is 22.1 Å². The van der Waals surface area contributed by atoms with Gasteiger partial charge in [0.1, 0.15) is 5.75 Å². The van der Waals surface area contributed by atoms with E-state index < -0.39 is 0 Å². The van der Waals surface area contributed by atoms with Crippen LogP contribution in [0.5, 0.6) is 5.75 Å².